The second-order valence-corrected chi connectivity index (χ2v) is 8.47. The molecule has 1 saturated heterocycles. The number of carbonyl (C=O) groups excluding carboxylic acids is 1. The van der Waals surface area contributed by atoms with Crippen LogP contribution in [-0.4, -0.2) is 48.8 Å². The Bertz CT molecular complexity index is 1050. The lowest BCUT2D eigenvalue weighted by Gasteiger charge is -2.31. The summed E-state index contributed by atoms with van der Waals surface area (Å²) in [5, 5.41) is 7.19. The van der Waals surface area contributed by atoms with Crippen molar-refractivity contribution in [3.63, 3.8) is 0 Å². The molecule has 1 aliphatic heterocycles. The summed E-state index contributed by atoms with van der Waals surface area (Å²) in [5.41, 5.74) is 4.58. The predicted octanol–water partition coefficient (Wildman–Crippen LogP) is 3.98. The number of aromatic nitrogens is 1. The lowest BCUT2D eigenvalue weighted by atomic mass is 10.0. The fourth-order valence-electron chi connectivity index (χ4n) is 3.91. The van der Waals surface area contributed by atoms with Crippen molar-refractivity contribution in [3.8, 4) is 5.75 Å². The van der Waals surface area contributed by atoms with E-state index in [0.717, 1.165) is 55.4 Å². The number of hydrogen-bond acceptors (Lipinski definition) is 6. The Balaban J connectivity index is 1.46. The van der Waals surface area contributed by atoms with E-state index in [0.29, 0.717) is 17.9 Å². The maximum absolute atomic E-state index is 13.2. The topological polar surface area (TPSA) is 76.8 Å². The third kappa shape index (κ3) is 6.00. The van der Waals surface area contributed by atoms with E-state index in [1.807, 2.05) is 26.0 Å². The largest absolute Gasteiger partial charge is 0.489 e. The van der Waals surface area contributed by atoms with E-state index in [4.69, 9.17) is 14.0 Å². The van der Waals surface area contributed by atoms with Crippen LogP contribution in [0.1, 0.15) is 44.5 Å². The molecule has 0 radical (unpaired) electrons. The van der Waals surface area contributed by atoms with Crippen molar-refractivity contribution in [2.75, 3.05) is 32.8 Å². The van der Waals surface area contributed by atoms with Gasteiger partial charge in [0.1, 0.15) is 18.1 Å². The second-order valence-electron chi connectivity index (χ2n) is 8.47. The molecule has 1 atom stereocenters. The molecule has 0 bridgehead atoms. The Hall–Kier alpha value is -3.16. The highest BCUT2D eigenvalue weighted by Gasteiger charge is 2.21. The van der Waals surface area contributed by atoms with Crippen LogP contribution in [0.2, 0.25) is 0 Å². The molecule has 7 nitrogen and oxygen atoms in total. The maximum atomic E-state index is 13.2. The standard InChI is InChI=1S/C26H31N3O4/c1-18-7-9-21(10-8-18)25(16-29-11-13-31-14-12-29)27-26(30)22-5-4-6-23(15-22)32-17-24-19(2)28-33-20(24)3/h4-10,15,25H,11-14,16-17H2,1-3H3,(H,27,30)/t25-/m0/s1. The fourth-order valence-corrected chi connectivity index (χ4v) is 3.91. The molecule has 1 aromatic heterocycles. The van der Waals surface area contributed by atoms with Gasteiger partial charge in [0.25, 0.3) is 5.91 Å². The van der Waals surface area contributed by atoms with Crippen LogP contribution in [0.3, 0.4) is 0 Å². The van der Waals surface area contributed by atoms with Crippen molar-refractivity contribution in [2.24, 2.45) is 0 Å². The molecule has 3 aromatic rings. The van der Waals surface area contributed by atoms with Gasteiger partial charge < -0.3 is 19.3 Å². The van der Waals surface area contributed by atoms with Crippen LogP contribution in [0.15, 0.2) is 53.1 Å². The number of morpholine rings is 1. The SMILES string of the molecule is Cc1ccc([C@H](CN2CCOCC2)NC(=O)c2cccc(OCc3c(C)noc3C)c2)cc1. The number of rotatable bonds is 8. The lowest BCUT2D eigenvalue weighted by molar-refractivity contribution is 0.0332. The van der Waals surface area contributed by atoms with E-state index in [-0.39, 0.29) is 11.9 Å². The van der Waals surface area contributed by atoms with Crippen LogP contribution in [0.5, 0.6) is 5.75 Å². The van der Waals surface area contributed by atoms with E-state index in [1.54, 1.807) is 12.1 Å². The molecular formula is C26H31N3O4. The minimum Gasteiger partial charge on any atom is -0.489 e. The Morgan fingerprint density at radius 1 is 1.12 bits per heavy atom. The minimum absolute atomic E-state index is 0.122. The molecule has 0 spiro atoms. The monoisotopic (exact) mass is 449 g/mol. The van der Waals surface area contributed by atoms with E-state index in [2.05, 4.69) is 46.6 Å². The molecule has 1 fully saturated rings. The van der Waals surface area contributed by atoms with Crippen molar-refractivity contribution in [1.82, 2.24) is 15.4 Å². The Kier molecular flexibility index (Phi) is 7.42. The van der Waals surface area contributed by atoms with Gasteiger partial charge in [-0.15, -0.1) is 0 Å². The van der Waals surface area contributed by atoms with Gasteiger partial charge >= 0.3 is 0 Å². The number of benzene rings is 2. The minimum atomic E-state index is -0.128. The van der Waals surface area contributed by atoms with Gasteiger partial charge in [0.05, 0.1) is 30.5 Å². The summed E-state index contributed by atoms with van der Waals surface area (Å²) in [4.78, 5) is 15.5. The van der Waals surface area contributed by atoms with Crippen LogP contribution >= 0.6 is 0 Å². The number of nitrogens with one attached hydrogen (secondary N) is 1. The summed E-state index contributed by atoms with van der Waals surface area (Å²) in [6.45, 7) is 10.1. The number of aryl methyl sites for hydroxylation is 3. The quantitative estimate of drug-likeness (QED) is 0.561. The smallest absolute Gasteiger partial charge is 0.251 e. The van der Waals surface area contributed by atoms with Gasteiger partial charge in [-0.25, -0.2) is 0 Å². The van der Waals surface area contributed by atoms with Crippen molar-refractivity contribution >= 4 is 5.91 Å². The Morgan fingerprint density at radius 3 is 2.58 bits per heavy atom. The average Bonchev–Trinajstić information content (AvgIpc) is 3.15. The summed E-state index contributed by atoms with van der Waals surface area (Å²) in [5.74, 6) is 1.24. The highest BCUT2D eigenvalue weighted by Crippen LogP contribution is 2.21. The lowest BCUT2D eigenvalue weighted by Crippen LogP contribution is -2.43. The number of carbonyl (C=O) groups is 1. The third-order valence-corrected chi connectivity index (χ3v) is 5.99. The Morgan fingerprint density at radius 2 is 1.88 bits per heavy atom. The first-order valence-electron chi connectivity index (χ1n) is 11.3. The van der Waals surface area contributed by atoms with Crippen molar-refractivity contribution < 1.29 is 18.8 Å². The van der Waals surface area contributed by atoms with E-state index < -0.39 is 0 Å². The molecule has 0 unspecified atom stereocenters. The van der Waals surface area contributed by atoms with Gasteiger partial charge in [-0.05, 0) is 44.5 Å². The number of ether oxygens (including phenoxy) is 2. The molecule has 1 amide bonds. The maximum Gasteiger partial charge on any atom is 0.251 e. The van der Waals surface area contributed by atoms with Gasteiger partial charge in [0.2, 0.25) is 0 Å². The Labute approximate surface area is 194 Å². The van der Waals surface area contributed by atoms with Gasteiger partial charge in [-0.2, -0.15) is 0 Å². The first-order chi connectivity index (χ1) is 16.0. The van der Waals surface area contributed by atoms with Crippen LogP contribution in [0.4, 0.5) is 0 Å². The summed E-state index contributed by atoms with van der Waals surface area (Å²) in [6.07, 6.45) is 0. The summed E-state index contributed by atoms with van der Waals surface area (Å²) >= 11 is 0. The zero-order chi connectivity index (χ0) is 23.2. The molecule has 1 N–H and O–H groups in total. The van der Waals surface area contributed by atoms with Gasteiger partial charge in [0.15, 0.2) is 0 Å². The highest BCUT2D eigenvalue weighted by atomic mass is 16.5. The molecule has 2 aromatic carbocycles. The molecular weight excluding hydrogens is 418 g/mol. The fraction of sp³-hybridized carbons (Fsp3) is 0.385. The molecule has 4 rings (SSSR count). The first-order valence-corrected chi connectivity index (χ1v) is 11.3. The third-order valence-electron chi connectivity index (χ3n) is 5.99. The van der Waals surface area contributed by atoms with E-state index in [1.165, 1.54) is 5.56 Å². The van der Waals surface area contributed by atoms with Crippen LogP contribution in [0, 0.1) is 20.8 Å². The number of amides is 1. The van der Waals surface area contributed by atoms with Crippen molar-refractivity contribution in [3.05, 3.63) is 82.2 Å². The van der Waals surface area contributed by atoms with Crippen molar-refractivity contribution in [1.29, 1.82) is 0 Å². The highest BCUT2D eigenvalue weighted by molar-refractivity contribution is 5.94. The molecule has 2 heterocycles. The summed E-state index contributed by atoms with van der Waals surface area (Å²) in [7, 11) is 0. The zero-order valence-corrected chi connectivity index (χ0v) is 19.5. The number of nitrogens with zero attached hydrogens (tertiary/aromatic N) is 2. The molecule has 1 aliphatic rings. The van der Waals surface area contributed by atoms with E-state index in [9.17, 15) is 4.79 Å². The van der Waals surface area contributed by atoms with Gasteiger partial charge in [-0.3, -0.25) is 9.69 Å². The normalized spacial score (nSPS) is 15.2. The molecule has 0 saturated carbocycles. The molecule has 33 heavy (non-hydrogen) atoms. The zero-order valence-electron chi connectivity index (χ0n) is 19.5. The van der Waals surface area contributed by atoms with Gasteiger partial charge in [-0.1, -0.05) is 41.1 Å². The number of hydrogen-bond donors (Lipinski definition) is 1. The van der Waals surface area contributed by atoms with Crippen LogP contribution in [0.25, 0.3) is 0 Å². The summed E-state index contributed by atoms with van der Waals surface area (Å²) < 4.78 is 16.6. The van der Waals surface area contributed by atoms with E-state index >= 15 is 0 Å². The molecule has 7 heteroatoms. The van der Waals surface area contributed by atoms with Crippen LogP contribution < -0.4 is 10.1 Å². The van der Waals surface area contributed by atoms with Gasteiger partial charge in [0, 0.05) is 25.2 Å². The first kappa shape index (κ1) is 23.0. The average molecular weight is 450 g/mol. The second kappa shape index (κ2) is 10.6. The molecule has 0 aliphatic carbocycles. The molecule has 174 valence electrons. The summed E-state index contributed by atoms with van der Waals surface area (Å²) in [6, 6.07) is 15.5. The van der Waals surface area contributed by atoms with Crippen LogP contribution in [-0.2, 0) is 11.3 Å². The van der Waals surface area contributed by atoms with Crippen molar-refractivity contribution in [2.45, 2.75) is 33.4 Å². The predicted molar refractivity (Wildman–Crippen MR) is 125 cm³/mol.